The first-order valence-electron chi connectivity index (χ1n) is 5.27. The molecule has 1 aromatic rings. The van der Waals surface area contributed by atoms with Crippen LogP contribution in [0.4, 0.5) is 0 Å². The average Bonchev–Trinajstić information content (AvgIpc) is 2.26. The van der Waals surface area contributed by atoms with Gasteiger partial charge in [-0.3, -0.25) is 0 Å². The molecule has 0 fully saturated rings. The fourth-order valence-electron chi connectivity index (χ4n) is 1.29. The third-order valence-corrected chi connectivity index (χ3v) is 4.28. The lowest BCUT2D eigenvalue weighted by Crippen LogP contribution is -2.29. The van der Waals surface area contributed by atoms with E-state index in [4.69, 9.17) is 10.2 Å². The van der Waals surface area contributed by atoms with E-state index in [9.17, 15) is 8.42 Å². The lowest BCUT2D eigenvalue weighted by molar-refractivity contribution is 0.177. The Morgan fingerprint density at radius 2 is 1.82 bits per heavy atom. The molecular formula is C11H17NO4S. The van der Waals surface area contributed by atoms with Crippen LogP contribution in [-0.2, 0) is 10.0 Å². The van der Waals surface area contributed by atoms with E-state index in [1.54, 1.807) is 6.92 Å². The largest absolute Gasteiger partial charge is 0.508 e. The van der Waals surface area contributed by atoms with Gasteiger partial charge in [0.1, 0.15) is 5.75 Å². The molecule has 0 aliphatic heterocycles. The van der Waals surface area contributed by atoms with Crippen LogP contribution in [0.2, 0.25) is 0 Å². The van der Waals surface area contributed by atoms with E-state index < -0.39 is 16.1 Å². The average molecular weight is 259 g/mol. The number of phenols is 1. The van der Waals surface area contributed by atoms with E-state index in [-0.39, 0.29) is 17.2 Å². The summed E-state index contributed by atoms with van der Waals surface area (Å²) in [4.78, 5) is 0.128. The molecule has 0 heterocycles. The third kappa shape index (κ3) is 3.69. The molecule has 0 radical (unpaired) electrons. The van der Waals surface area contributed by atoms with Gasteiger partial charge in [-0.15, -0.1) is 0 Å². The van der Waals surface area contributed by atoms with E-state index in [0.717, 1.165) is 0 Å². The molecule has 0 aromatic heterocycles. The van der Waals surface area contributed by atoms with Crippen LogP contribution in [0.25, 0.3) is 0 Å². The van der Waals surface area contributed by atoms with Crippen LogP contribution < -0.4 is 0 Å². The number of aromatic hydroxyl groups is 1. The van der Waals surface area contributed by atoms with Crippen molar-refractivity contribution in [3.8, 4) is 5.75 Å². The highest BCUT2D eigenvalue weighted by Crippen LogP contribution is 2.17. The summed E-state index contributed by atoms with van der Waals surface area (Å²) in [6.07, 6.45) is -0.152. The van der Waals surface area contributed by atoms with Crippen LogP contribution in [-0.4, -0.2) is 42.6 Å². The molecule has 1 unspecified atom stereocenters. The standard InChI is InChI=1S/C11H17NO4S/c1-9(13)7-8-12(2)17(15,16)11-5-3-10(14)4-6-11/h3-6,9,13-14H,7-8H2,1-2H3. The molecule has 1 atom stereocenters. The summed E-state index contributed by atoms with van der Waals surface area (Å²) in [5.74, 6) is 0.0237. The Bertz CT molecular complexity index is 453. The van der Waals surface area contributed by atoms with Crippen LogP contribution in [0.3, 0.4) is 0 Å². The Morgan fingerprint density at radius 3 is 2.29 bits per heavy atom. The van der Waals surface area contributed by atoms with Gasteiger partial charge in [0.15, 0.2) is 0 Å². The maximum atomic E-state index is 12.0. The number of hydrogen-bond acceptors (Lipinski definition) is 4. The molecule has 17 heavy (non-hydrogen) atoms. The number of aliphatic hydroxyl groups excluding tert-OH is 1. The van der Waals surface area contributed by atoms with E-state index >= 15 is 0 Å². The SMILES string of the molecule is CC(O)CCN(C)S(=O)(=O)c1ccc(O)cc1. The predicted octanol–water partition coefficient (Wildman–Crippen LogP) is 0.784. The van der Waals surface area contributed by atoms with Crippen molar-refractivity contribution in [3.05, 3.63) is 24.3 Å². The van der Waals surface area contributed by atoms with Crippen LogP contribution >= 0.6 is 0 Å². The van der Waals surface area contributed by atoms with Gasteiger partial charge in [0.2, 0.25) is 10.0 Å². The molecule has 96 valence electrons. The zero-order chi connectivity index (χ0) is 13.1. The minimum absolute atomic E-state index is 0.0237. The topological polar surface area (TPSA) is 77.8 Å². The lowest BCUT2D eigenvalue weighted by atomic mass is 10.3. The number of sulfonamides is 1. The van der Waals surface area contributed by atoms with Crippen LogP contribution in [0.15, 0.2) is 29.2 Å². The molecule has 0 saturated heterocycles. The van der Waals surface area contributed by atoms with E-state index in [1.165, 1.54) is 35.6 Å². The van der Waals surface area contributed by atoms with Crippen LogP contribution in [0, 0.1) is 0 Å². The van der Waals surface area contributed by atoms with Gasteiger partial charge in [0, 0.05) is 13.6 Å². The van der Waals surface area contributed by atoms with Crippen molar-refractivity contribution in [1.82, 2.24) is 4.31 Å². The number of phenolic OH excluding ortho intramolecular Hbond substituents is 1. The second kappa shape index (κ2) is 5.48. The first kappa shape index (κ1) is 14.0. The summed E-state index contributed by atoms with van der Waals surface area (Å²) in [7, 11) is -2.08. The fourth-order valence-corrected chi connectivity index (χ4v) is 2.47. The molecule has 0 spiro atoms. The summed E-state index contributed by atoms with van der Waals surface area (Å²) in [5, 5.41) is 18.2. The van der Waals surface area contributed by atoms with Gasteiger partial charge in [-0.2, -0.15) is 0 Å². The quantitative estimate of drug-likeness (QED) is 0.819. The molecule has 1 aromatic carbocycles. The van der Waals surface area contributed by atoms with Gasteiger partial charge in [0.25, 0.3) is 0 Å². The summed E-state index contributed by atoms with van der Waals surface area (Å²) >= 11 is 0. The lowest BCUT2D eigenvalue weighted by Gasteiger charge is -2.17. The van der Waals surface area contributed by atoms with Gasteiger partial charge in [-0.05, 0) is 37.6 Å². The summed E-state index contributed by atoms with van der Waals surface area (Å²) in [6, 6.07) is 5.36. The fraction of sp³-hybridized carbons (Fsp3) is 0.455. The molecule has 0 amide bonds. The van der Waals surface area contributed by atoms with Crippen molar-refractivity contribution >= 4 is 10.0 Å². The first-order valence-corrected chi connectivity index (χ1v) is 6.71. The van der Waals surface area contributed by atoms with Gasteiger partial charge >= 0.3 is 0 Å². The van der Waals surface area contributed by atoms with E-state index in [0.29, 0.717) is 6.42 Å². The minimum Gasteiger partial charge on any atom is -0.508 e. The molecule has 6 heteroatoms. The van der Waals surface area contributed by atoms with Crippen molar-refractivity contribution in [1.29, 1.82) is 0 Å². The zero-order valence-corrected chi connectivity index (χ0v) is 10.7. The molecule has 0 aliphatic carbocycles. The maximum absolute atomic E-state index is 12.0. The summed E-state index contributed by atoms with van der Waals surface area (Å²) in [6.45, 7) is 1.86. The molecule has 1 rings (SSSR count). The Morgan fingerprint density at radius 1 is 1.29 bits per heavy atom. The predicted molar refractivity (Wildman–Crippen MR) is 64.2 cm³/mol. The number of rotatable bonds is 5. The smallest absolute Gasteiger partial charge is 0.242 e. The maximum Gasteiger partial charge on any atom is 0.242 e. The number of benzene rings is 1. The van der Waals surface area contributed by atoms with E-state index in [1.807, 2.05) is 0 Å². The number of aliphatic hydroxyl groups is 1. The summed E-state index contributed by atoms with van der Waals surface area (Å²) in [5.41, 5.74) is 0. The van der Waals surface area contributed by atoms with Crippen molar-refractivity contribution in [2.24, 2.45) is 0 Å². The normalized spacial score (nSPS) is 13.9. The van der Waals surface area contributed by atoms with Crippen molar-refractivity contribution in [2.75, 3.05) is 13.6 Å². The number of nitrogens with zero attached hydrogens (tertiary/aromatic N) is 1. The molecule has 0 bridgehead atoms. The van der Waals surface area contributed by atoms with Gasteiger partial charge < -0.3 is 10.2 Å². The summed E-state index contributed by atoms with van der Waals surface area (Å²) < 4.78 is 25.2. The third-order valence-electron chi connectivity index (χ3n) is 2.41. The van der Waals surface area contributed by atoms with Crippen molar-refractivity contribution in [2.45, 2.75) is 24.3 Å². The van der Waals surface area contributed by atoms with Crippen molar-refractivity contribution in [3.63, 3.8) is 0 Å². The zero-order valence-electron chi connectivity index (χ0n) is 9.87. The first-order chi connectivity index (χ1) is 7.84. The highest BCUT2D eigenvalue weighted by molar-refractivity contribution is 7.89. The molecule has 0 saturated carbocycles. The van der Waals surface area contributed by atoms with Crippen LogP contribution in [0.5, 0.6) is 5.75 Å². The second-order valence-electron chi connectivity index (χ2n) is 3.96. The highest BCUT2D eigenvalue weighted by Gasteiger charge is 2.20. The van der Waals surface area contributed by atoms with Crippen molar-refractivity contribution < 1.29 is 18.6 Å². The number of hydrogen-bond donors (Lipinski definition) is 2. The molecular weight excluding hydrogens is 242 g/mol. The molecule has 0 aliphatic rings. The van der Waals surface area contributed by atoms with Gasteiger partial charge in [-0.1, -0.05) is 0 Å². The molecule has 2 N–H and O–H groups in total. The van der Waals surface area contributed by atoms with Crippen LogP contribution in [0.1, 0.15) is 13.3 Å². The Kier molecular flexibility index (Phi) is 4.50. The minimum atomic E-state index is -3.54. The van der Waals surface area contributed by atoms with Gasteiger partial charge in [-0.25, -0.2) is 12.7 Å². The highest BCUT2D eigenvalue weighted by atomic mass is 32.2. The Labute approximate surface area is 101 Å². The molecule has 5 nitrogen and oxygen atoms in total. The Hall–Kier alpha value is -1.11. The monoisotopic (exact) mass is 259 g/mol. The second-order valence-corrected chi connectivity index (χ2v) is 6.00. The van der Waals surface area contributed by atoms with Gasteiger partial charge in [0.05, 0.1) is 11.0 Å². The van der Waals surface area contributed by atoms with E-state index in [2.05, 4.69) is 0 Å². The Balaban J connectivity index is 2.84.